The maximum absolute atomic E-state index is 12.2. The number of carbonyl (C=O) groups excluding carboxylic acids is 2. The van der Waals surface area contributed by atoms with E-state index in [1.807, 2.05) is 0 Å². The van der Waals surface area contributed by atoms with E-state index in [0.717, 1.165) is 25.9 Å². The van der Waals surface area contributed by atoms with E-state index in [9.17, 15) is 9.59 Å². The number of nitrogens with two attached hydrogens (primary N) is 1. The van der Waals surface area contributed by atoms with Gasteiger partial charge in [0, 0.05) is 17.8 Å². The minimum Gasteiger partial charge on any atom is -0.351 e. The van der Waals surface area contributed by atoms with Crippen molar-refractivity contribution in [1.82, 2.24) is 10.6 Å². The van der Waals surface area contributed by atoms with Gasteiger partial charge in [0.25, 0.3) is 5.91 Å². The van der Waals surface area contributed by atoms with E-state index < -0.39 is 6.03 Å². The Morgan fingerprint density at radius 1 is 1.33 bits per heavy atom. The van der Waals surface area contributed by atoms with Crippen LogP contribution in [0.3, 0.4) is 0 Å². The highest BCUT2D eigenvalue weighted by atomic mass is 16.2. The second-order valence-electron chi connectivity index (χ2n) is 5.81. The maximum Gasteiger partial charge on any atom is 0.316 e. The average Bonchev–Trinajstić information content (AvgIpc) is 2.45. The number of amides is 3. The lowest BCUT2D eigenvalue weighted by molar-refractivity contribution is 0.0922. The van der Waals surface area contributed by atoms with Gasteiger partial charge in [-0.2, -0.15) is 0 Å². The highest BCUT2D eigenvalue weighted by molar-refractivity contribution is 5.96. The Morgan fingerprint density at radius 3 is 2.71 bits per heavy atom. The third-order valence-electron chi connectivity index (χ3n) is 3.88. The number of urea groups is 1. The quantitative estimate of drug-likeness (QED) is 0.673. The van der Waals surface area contributed by atoms with Gasteiger partial charge >= 0.3 is 6.03 Å². The molecule has 1 aliphatic rings. The van der Waals surface area contributed by atoms with Crippen LogP contribution in [0.4, 0.5) is 10.5 Å². The summed E-state index contributed by atoms with van der Waals surface area (Å²) in [4.78, 5) is 23.0. The molecule has 1 fully saturated rings. The summed E-state index contributed by atoms with van der Waals surface area (Å²) >= 11 is 0. The van der Waals surface area contributed by atoms with Gasteiger partial charge in [-0.25, -0.2) is 4.79 Å². The topological polar surface area (TPSA) is 96.2 Å². The molecule has 3 amide bonds. The predicted octanol–water partition coefficient (Wildman–Crippen LogP) is 1.30. The first kappa shape index (κ1) is 15.3. The van der Waals surface area contributed by atoms with E-state index in [-0.39, 0.29) is 11.3 Å². The lowest BCUT2D eigenvalue weighted by Crippen LogP contribution is -2.42. The second kappa shape index (κ2) is 6.58. The van der Waals surface area contributed by atoms with E-state index in [1.54, 1.807) is 24.3 Å². The first-order valence-corrected chi connectivity index (χ1v) is 7.14. The molecule has 2 rings (SSSR count). The van der Waals surface area contributed by atoms with Gasteiger partial charge in [0.15, 0.2) is 0 Å². The molecule has 1 heterocycles. The van der Waals surface area contributed by atoms with Crippen molar-refractivity contribution in [2.75, 3.05) is 25.0 Å². The monoisotopic (exact) mass is 290 g/mol. The van der Waals surface area contributed by atoms with Crippen molar-refractivity contribution in [2.24, 2.45) is 11.1 Å². The Hall–Kier alpha value is -2.08. The molecule has 6 nitrogen and oxygen atoms in total. The molecule has 0 aliphatic carbocycles. The van der Waals surface area contributed by atoms with Crippen LogP contribution in [0.2, 0.25) is 0 Å². The van der Waals surface area contributed by atoms with E-state index in [2.05, 4.69) is 22.9 Å². The Bertz CT molecular complexity index is 524. The van der Waals surface area contributed by atoms with Gasteiger partial charge < -0.3 is 21.7 Å². The summed E-state index contributed by atoms with van der Waals surface area (Å²) in [6.07, 6.45) is 2.10. The molecule has 0 bridgehead atoms. The molecule has 1 aromatic rings. The molecule has 6 heteroatoms. The van der Waals surface area contributed by atoms with Gasteiger partial charge in [-0.1, -0.05) is 13.0 Å². The van der Waals surface area contributed by atoms with Crippen LogP contribution in [0.25, 0.3) is 0 Å². The third kappa shape index (κ3) is 4.46. The summed E-state index contributed by atoms with van der Waals surface area (Å²) in [5, 5.41) is 8.76. The minimum atomic E-state index is -0.644. The first-order valence-electron chi connectivity index (χ1n) is 7.14. The number of anilines is 1. The van der Waals surface area contributed by atoms with Crippen molar-refractivity contribution >= 4 is 17.6 Å². The van der Waals surface area contributed by atoms with Crippen molar-refractivity contribution in [3.05, 3.63) is 29.8 Å². The van der Waals surface area contributed by atoms with Crippen LogP contribution in [-0.2, 0) is 0 Å². The van der Waals surface area contributed by atoms with Gasteiger partial charge in [0.1, 0.15) is 0 Å². The zero-order valence-corrected chi connectivity index (χ0v) is 12.2. The Kier molecular flexibility index (Phi) is 4.80. The normalized spacial score (nSPS) is 17.0. The first-order chi connectivity index (χ1) is 9.98. The third-order valence-corrected chi connectivity index (χ3v) is 3.88. The number of primary amides is 1. The summed E-state index contributed by atoms with van der Waals surface area (Å²) in [7, 11) is 0. The van der Waals surface area contributed by atoms with Crippen LogP contribution in [0.15, 0.2) is 24.3 Å². The molecule has 0 aromatic heterocycles. The molecule has 0 spiro atoms. The van der Waals surface area contributed by atoms with Crippen LogP contribution in [0.1, 0.15) is 30.1 Å². The molecule has 0 saturated carbocycles. The minimum absolute atomic E-state index is 0.136. The van der Waals surface area contributed by atoms with E-state index in [0.29, 0.717) is 17.8 Å². The second-order valence-corrected chi connectivity index (χ2v) is 5.81. The zero-order chi connectivity index (χ0) is 15.3. The molecule has 114 valence electrons. The van der Waals surface area contributed by atoms with Crippen molar-refractivity contribution in [2.45, 2.75) is 19.8 Å². The number of hydrogen-bond acceptors (Lipinski definition) is 3. The van der Waals surface area contributed by atoms with Crippen LogP contribution in [0.5, 0.6) is 0 Å². The van der Waals surface area contributed by atoms with Gasteiger partial charge in [-0.15, -0.1) is 0 Å². The van der Waals surface area contributed by atoms with Crippen molar-refractivity contribution in [3.63, 3.8) is 0 Å². The fourth-order valence-corrected chi connectivity index (χ4v) is 2.48. The van der Waals surface area contributed by atoms with Crippen molar-refractivity contribution < 1.29 is 9.59 Å². The Labute approximate surface area is 124 Å². The number of nitrogens with one attached hydrogen (secondary N) is 3. The smallest absolute Gasteiger partial charge is 0.316 e. The molecule has 21 heavy (non-hydrogen) atoms. The molecule has 1 aromatic carbocycles. The highest BCUT2D eigenvalue weighted by Crippen LogP contribution is 2.26. The van der Waals surface area contributed by atoms with Gasteiger partial charge in [0.05, 0.1) is 0 Å². The molecular formula is C15H22N4O2. The van der Waals surface area contributed by atoms with Gasteiger partial charge in [0.2, 0.25) is 0 Å². The molecule has 1 aliphatic heterocycles. The number of carbonyl (C=O) groups is 2. The van der Waals surface area contributed by atoms with E-state index in [1.165, 1.54) is 0 Å². The molecule has 5 N–H and O–H groups in total. The summed E-state index contributed by atoms with van der Waals surface area (Å²) in [6, 6.07) is 6.09. The van der Waals surface area contributed by atoms with Crippen LogP contribution >= 0.6 is 0 Å². The van der Waals surface area contributed by atoms with Crippen molar-refractivity contribution in [3.8, 4) is 0 Å². The summed E-state index contributed by atoms with van der Waals surface area (Å²) in [5.74, 6) is -0.136. The van der Waals surface area contributed by atoms with Gasteiger partial charge in [-0.3, -0.25) is 4.79 Å². The molecule has 0 atom stereocenters. The summed E-state index contributed by atoms with van der Waals surface area (Å²) < 4.78 is 0. The predicted molar refractivity (Wildman–Crippen MR) is 82.2 cm³/mol. The van der Waals surface area contributed by atoms with Crippen LogP contribution in [0, 0.1) is 5.41 Å². The van der Waals surface area contributed by atoms with E-state index >= 15 is 0 Å². The van der Waals surface area contributed by atoms with E-state index in [4.69, 9.17) is 5.73 Å². The fraction of sp³-hybridized carbons (Fsp3) is 0.467. The number of benzene rings is 1. The SMILES string of the molecule is CC1(CNC(=O)c2cccc(NC(N)=O)c2)CCNCC1. The fourth-order valence-electron chi connectivity index (χ4n) is 2.48. The number of piperidine rings is 1. The number of hydrogen-bond donors (Lipinski definition) is 4. The lowest BCUT2D eigenvalue weighted by atomic mass is 9.81. The highest BCUT2D eigenvalue weighted by Gasteiger charge is 2.27. The standard InChI is InChI=1S/C15H22N4O2/c1-15(5-7-17-8-6-15)10-18-13(20)11-3-2-4-12(9-11)19-14(16)21/h2-4,9,17H,5-8,10H2,1H3,(H,18,20)(H3,16,19,21). The van der Waals surface area contributed by atoms with Crippen molar-refractivity contribution in [1.29, 1.82) is 0 Å². The maximum atomic E-state index is 12.2. The van der Waals surface area contributed by atoms with Crippen LogP contribution < -0.4 is 21.7 Å². The number of rotatable bonds is 4. The Morgan fingerprint density at radius 2 is 2.05 bits per heavy atom. The largest absolute Gasteiger partial charge is 0.351 e. The average molecular weight is 290 g/mol. The molecular weight excluding hydrogens is 268 g/mol. The van der Waals surface area contributed by atoms with Gasteiger partial charge in [-0.05, 0) is 49.5 Å². The zero-order valence-electron chi connectivity index (χ0n) is 12.2. The molecule has 0 unspecified atom stereocenters. The summed E-state index contributed by atoms with van der Waals surface area (Å²) in [5.41, 5.74) is 6.24. The molecule has 0 radical (unpaired) electrons. The summed E-state index contributed by atoms with van der Waals surface area (Å²) in [6.45, 7) is 4.83. The Balaban J connectivity index is 1.95. The molecule has 1 saturated heterocycles. The lowest BCUT2D eigenvalue weighted by Gasteiger charge is -2.34. The van der Waals surface area contributed by atoms with Crippen LogP contribution in [-0.4, -0.2) is 31.6 Å².